The van der Waals surface area contributed by atoms with Gasteiger partial charge in [-0.15, -0.1) is 0 Å². The van der Waals surface area contributed by atoms with Gasteiger partial charge in [-0.25, -0.2) is 4.79 Å². The lowest BCUT2D eigenvalue weighted by Gasteiger charge is -2.32. The molecule has 1 saturated heterocycles. The summed E-state index contributed by atoms with van der Waals surface area (Å²) < 4.78 is 1.69. The fourth-order valence-electron chi connectivity index (χ4n) is 2.71. The fraction of sp³-hybridized carbons (Fsp3) is 0.643. The SMILES string of the molecule is CC(C)c1cc(C(=O)N2CCCC[C@H]2C(=O)O)nn1C. The summed E-state index contributed by atoms with van der Waals surface area (Å²) in [7, 11) is 1.80. The number of nitrogens with zero attached hydrogens (tertiary/aromatic N) is 3. The molecule has 20 heavy (non-hydrogen) atoms. The first-order valence-corrected chi connectivity index (χ1v) is 6.99. The Bertz CT molecular complexity index is 522. The van der Waals surface area contributed by atoms with Gasteiger partial charge in [0.15, 0.2) is 5.69 Å². The Morgan fingerprint density at radius 1 is 1.40 bits per heavy atom. The Hall–Kier alpha value is -1.85. The lowest BCUT2D eigenvalue weighted by Crippen LogP contribution is -2.48. The third-order valence-corrected chi connectivity index (χ3v) is 3.78. The molecule has 0 aliphatic carbocycles. The van der Waals surface area contributed by atoms with Gasteiger partial charge < -0.3 is 10.0 Å². The molecule has 1 amide bonds. The van der Waals surface area contributed by atoms with Gasteiger partial charge in [0.25, 0.3) is 5.91 Å². The average molecular weight is 279 g/mol. The number of carboxylic acids is 1. The van der Waals surface area contributed by atoms with Crippen LogP contribution in [0.3, 0.4) is 0 Å². The molecule has 0 bridgehead atoms. The van der Waals surface area contributed by atoms with Gasteiger partial charge in [-0.05, 0) is 31.2 Å². The maximum atomic E-state index is 12.5. The van der Waals surface area contributed by atoms with E-state index in [9.17, 15) is 14.7 Å². The first kappa shape index (κ1) is 14.6. The molecule has 2 heterocycles. The molecule has 1 aliphatic rings. The smallest absolute Gasteiger partial charge is 0.326 e. The highest BCUT2D eigenvalue weighted by Crippen LogP contribution is 2.21. The van der Waals surface area contributed by atoms with E-state index in [2.05, 4.69) is 5.10 Å². The van der Waals surface area contributed by atoms with Crippen LogP contribution in [0.4, 0.5) is 0 Å². The van der Waals surface area contributed by atoms with Crippen molar-refractivity contribution in [3.63, 3.8) is 0 Å². The molecule has 1 atom stereocenters. The molecular formula is C14H21N3O3. The first-order valence-electron chi connectivity index (χ1n) is 6.99. The largest absolute Gasteiger partial charge is 0.480 e. The second-order valence-electron chi connectivity index (χ2n) is 5.58. The van der Waals surface area contributed by atoms with Crippen LogP contribution in [0, 0.1) is 0 Å². The molecule has 1 aromatic heterocycles. The van der Waals surface area contributed by atoms with Gasteiger partial charge in [0.1, 0.15) is 6.04 Å². The van der Waals surface area contributed by atoms with E-state index in [1.807, 2.05) is 13.8 Å². The molecular weight excluding hydrogens is 258 g/mol. The van der Waals surface area contributed by atoms with E-state index in [0.717, 1.165) is 18.5 Å². The van der Waals surface area contributed by atoms with Crippen LogP contribution in [-0.4, -0.2) is 44.3 Å². The molecule has 0 saturated carbocycles. The Balaban J connectivity index is 2.25. The van der Waals surface area contributed by atoms with Crippen molar-refractivity contribution in [1.82, 2.24) is 14.7 Å². The van der Waals surface area contributed by atoms with E-state index in [-0.39, 0.29) is 11.8 Å². The zero-order chi connectivity index (χ0) is 14.9. The minimum atomic E-state index is -0.932. The number of carbonyl (C=O) groups excluding carboxylic acids is 1. The summed E-state index contributed by atoms with van der Waals surface area (Å²) in [6, 6.07) is 1.04. The van der Waals surface area contributed by atoms with Crippen molar-refractivity contribution >= 4 is 11.9 Å². The Kier molecular flexibility index (Phi) is 4.11. The highest BCUT2D eigenvalue weighted by atomic mass is 16.4. The van der Waals surface area contributed by atoms with Gasteiger partial charge in [-0.1, -0.05) is 13.8 Å². The molecule has 0 unspecified atom stereocenters. The summed E-state index contributed by atoms with van der Waals surface area (Å²) in [6.45, 7) is 4.56. The summed E-state index contributed by atoms with van der Waals surface area (Å²) in [6.07, 6.45) is 2.21. The number of hydrogen-bond acceptors (Lipinski definition) is 3. The maximum absolute atomic E-state index is 12.5. The Labute approximate surface area is 118 Å². The second kappa shape index (κ2) is 5.64. The lowest BCUT2D eigenvalue weighted by atomic mass is 10.0. The van der Waals surface area contributed by atoms with Gasteiger partial charge in [0.2, 0.25) is 0 Å². The molecule has 1 fully saturated rings. The third kappa shape index (κ3) is 2.69. The van der Waals surface area contributed by atoms with Crippen LogP contribution in [-0.2, 0) is 11.8 Å². The van der Waals surface area contributed by atoms with Gasteiger partial charge in [0.05, 0.1) is 0 Å². The van der Waals surface area contributed by atoms with Crippen molar-refractivity contribution in [2.24, 2.45) is 7.05 Å². The number of rotatable bonds is 3. The Morgan fingerprint density at radius 2 is 2.10 bits per heavy atom. The van der Waals surface area contributed by atoms with Gasteiger partial charge in [-0.2, -0.15) is 5.10 Å². The summed E-state index contributed by atoms with van der Waals surface area (Å²) >= 11 is 0. The molecule has 0 aromatic carbocycles. The van der Waals surface area contributed by atoms with Crippen LogP contribution in [0.2, 0.25) is 0 Å². The maximum Gasteiger partial charge on any atom is 0.326 e. The normalized spacial score (nSPS) is 19.4. The molecule has 6 heteroatoms. The molecule has 110 valence electrons. The van der Waals surface area contributed by atoms with Crippen molar-refractivity contribution in [3.8, 4) is 0 Å². The number of aliphatic carboxylic acids is 1. The molecule has 2 rings (SSSR count). The van der Waals surface area contributed by atoms with E-state index in [1.165, 1.54) is 4.90 Å². The topological polar surface area (TPSA) is 75.4 Å². The Morgan fingerprint density at radius 3 is 2.65 bits per heavy atom. The quantitative estimate of drug-likeness (QED) is 0.912. The summed E-state index contributed by atoms with van der Waals surface area (Å²) in [4.78, 5) is 25.2. The zero-order valence-electron chi connectivity index (χ0n) is 12.2. The molecule has 1 aromatic rings. The van der Waals surface area contributed by atoms with Gasteiger partial charge in [-0.3, -0.25) is 9.48 Å². The van der Waals surface area contributed by atoms with Gasteiger partial charge in [0, 0.05) is 19.3 Å². The van der Waals surface area contributed by atoms with Crippen molar-refractivity contribution in [2.45, 2.75) is 45.1 Å². The highest BCUT2D eigenvalue weighted by molar-refractivity contribution is 5.95. The average Bonchev–Trinajstić information content (AvgIpc) is 2.80. The van der Waals surface area contributed by atoms with Crippen LogP contribution >= 0.6 is 0 Å². The minimum absolute atomic E-state index is 0.269. The molecule has 0 radical (unpaired) electrons. The molecule has 1 N–H and O–H groups in total. The lowest BCUT2D eigenvalue weighted by molar-refractivity contribution is -0.143. The zero-order valence-corrected chi connectivity index (χ0v) is 12.2. The van der Waals surface area contributed by atoms with E-state index < -0.39 is 12.0 Å². The van der Waals surface area contributed by atoms with Crippen molar-refractivity contribution in [3.05, 3.63) is 17.5 Å². The predicted octanol–water partition coefficient (Wildman–Crippen LogP) is 1.62. The van der Waals surface area contributed by atoms with E-state index >= 15 is 0 Å². The van der Waals surface area contributed by atoms with E-state index in [4.69, 9.17) is 0 Å². The van der Waals surface area contributed by atoms with Crippen LogP contribution in [0.25, 0.3) is 0 Å². The standard InChI is InChI=1S/C14H21N3O3/c1-9(2)12-8-10(15-16(12)3)13(18)17-7-5-4-6-11(17)14(19)20/h8-9,11H,4-7H2,1-3H3,(H,19,20)/t11-/m0/s1. The number of aromatic nitrogens is 2. The number of aryl methyl sites for hydroxylation is 1. The number of amides is 1. The first-order chi connectivity index (χ1) is 9.41. The summed E-state index contributed by atoms with van der Waals surface area (Å²) in [5, 5.41) is 13.5. The number of piperidine rings is 1. The van der Waals surface area contributed by atoms with Crippen LogP contribution in [0.15, 0.2) is 6.07 Å². The third-order valence-electron chi connectivity index (χ3n) is 3.78. The van der Waals surface area contributed by atoms with Crippen molar-refractivity contribution in [1.29, 1.82) is 0 Å². The molecule has 6 nitrogen and oxygen atoms in total. The minimum Gasteiger partial charge on any atom is -0.480 e. The molecule has 0 spiro atoms. The van der Waals surface area contributed by atoms with E-state index in [0.29, 0.717) is 18.7 Å². The van der Waals surface area contributed by atoms with Crippen molar-refractivity contribution in [2.75, 3.05) is 6.54 Å². The van der Waals surface area contributed by atoms with Crippen molar-refractivity contribution < 1.29 is 14.7 Å². The summed E-state index contributed by atoms with van der Waals surface area (Å²) in [5.41, 5.74) is 1.31. The predicted molar refractivity (Wildman–Crippen MR) is 73.6 cm³/mol. The summed E-state index contributed by atoms with van der Waals surface area (Å²) in [5.74, 6) is -0.941. The van der Waals surface area contributed by atoms with Crippen LogP contribution in [0.1, 0.15) is 55.2 Å². The number of carbonyl (C=O) groups is 2. The number of likely N-dealkylation sites (tertiary alicyclic amines) is 1. The molecule has 1 aliphatic heterocycles. The highest BCUT2D eigenvalue weighted by Gasteiger charge is 2.33. The van der Waals surface area contributed by atoms with Gasteiger partial charge >= 0.3 is 5.97 Å². The number of carboxylic acid groups (broad SMARTS) is 1. The fourth-order valence-corrected chi connectivity index (χ4v) is 2.71. The number of hydrogen-bond donors (Lipinski definition) is 1. The van der Waals surface area contributed by atoms with Crippen LogP contribution < -0.4 is 0 Å². The van der Waals surface area contributed by atoms with E-state index in [1.54, 1.807) is 17.8 Å². The monoisotopic (exact) mass is 279 g/mol. The van der Waals surface area contributed by atoms with Crippen LogP contribution in [0.5, 0.6) is 0 Å². The second-order valence-corrected chi connectivity index (χ2v) is 5.58.